The number of fused-ring (bicyclic) bond motifs is 12. The molecular formula is C43H29NO2. The van der Waals surface area contributed by atoms with Gasteiger partial charge < -0.3 is 14.4 Å². The van der Waals surface area contributed by atoms with Gasteiger partial charge in [0.25, 0.3) is 0 Å². The molecule has 0 atom stereocenters. The van der Waals surface area contributed by atoms with Crippen LogP contribution in [0, 0.1) is 0 Å². The third kappa shape index (κ3) is 3.48. The molecule has 0 bridgehead atoms. The standard InChI is InChI=1S/C43H29NO2/c1-3-15-28(4-2)44(29-16-6-5-7-17-29)38-24-14-25-39-42(38)46-40-26-33-32-20-10-13-23-36(32)43(37(33)27-41(40)45-39)34-21-11-8-18-30(34)31-19-9-12-22-35(31)43/h3-27H,1-2H2/b28-15+. The maximum atomic E-state index is 6.86. The highest BCUT2D eigenvalue weighted by Crippen LogP contribution is 2.65. The summed E-state index contributed by atoms with van der Waals surface area (Å²) in [6.07, 6.45) is 5.54. The minimum atomic E-state index is -0.446. The Morgan fingerprint density at radius 1 is 0.543 bits per heavy atom. The van der Waals surface area contributed by atoms with Crippen LogP contribution < -0.4 is 14.4 Å². The number of para-hydroxylation sites is 2. The Balaban J connectivity index is 1.25. The molecule has 3 heteroatoms. The minimum absolute atomic E-state index is 0.446. The number of anilines is 2. The summed E-state index contributed by atoms with van der Waals surface area (Å²) < 4.78 is 13.6. The molecule has 6 aromatic rings. The quantitative estimate of drug-likeness (QED) is 0.186. The first-order valence-corrected chi connectivity index (χ1v) is 15.5. The van der Waals surface area contributed by atoms with Gasteiger partial charge in [-0.2, -0.15) is 0 Å². The van der Waals surface area contributed by atoms with Gasteiger partial charge in [0, 0.05) is 11.4 Å². The molecule has 0 aromatic heterocycles. The molecule has 9 rings (SSSR count). The summed E-state index contributed by atoms with van der Waals surface area (Å²) in [6, 6.07) is 47.0. The summed E-state index contributed by atoms with van der Waals surface area (Å²) in [4.78, 5) is 2.12. The van der Waals surface area contributed by atoms with E-state index in [2.05, 4.69) is 115 Å². The van der Waals surface area contributed by atoms with Gasteiger partial charge in [-0.25, -0.2) is 0 Å². The zero-order valence-corrected chi connectivity index (χ0v) is 25.1. The average Bonchev–Trinajstić information content (AvgIpc) is 3.57. The summed E-state index contributed by atoms with van der Waals surface area (Å²) in [6.45, 7) is 8.04. The Morgan fingerprint density at radius 2 is 1.13 bits per heavy atom. The van der Waals surface area contributed by atoms with E-state index in [0.717, 1.165) is 22.6 Å². The van der Waals surface area contributed by atoms with Crippen molar-refractivity contribution >= 4 is 11.4 Å². The van der Waals surface area contributed by atoms with E-state index in [1.807, 2.05) is 48.6 Å². The van der Waals surface area contributed by atoms with E-state index in [0.29, 0.717) is 23.0 Å². The lowest BCUT2D eigenvalue weighted by atomic mass is 9.70. The monoisotopic (exact) mass is 591 g/mol. The highest BCUT2D eigenvalue weighted by atomic mass is 16.6. The molecule has 3 aliphatic rings. The molecule has 46 heavy (non-hydrogen) atoms. The van der Waals surface area contributed by atoms with Crippen LogP contribution in [0.2, 0.25) is 0 Å². The van der Waals surface area contributed by atoms with Crippen molar-refractivity contribution in [1.82, 2.24) is 0 Å². The first-order valence-electron chi connectivity index (χ1n) is 15.5. The minimum Gasteiger partial charge on any atom is -0.449 e. The van der Waals surface area contributed by atoms with Crippen molar-refractivity contribution in [2.75, 3.05) is 4.90 Å². The van der Waals surface area contributed by atoms with Crippen LogP contribution in [-0.4, -0.2) is 0 Å². The van der Waals surface area contributed by atoms with Gasteiger partial charge in [0.15, 0.2) is 23.0 Å². The van der Waals surface area contributed by atoms with E-state index in [4.69, 9.17) is 9.47 Å². The number of benzene rings is 6. The third-order valence-electron chi connectivity index (χ3n) is 9.46. The molecule has 0 unspecified atom stereocenters. The lowest BCUT2D eigenvalue weighted by Gasteiger charge is -2.32. The van der Waals surface area contributed by atoms with Gasteiger partial charge >= 0.3 is 0 Å². The molecule has 2 aliphatic carbocycles. The van der Waals surface area contributed by atoms with E-state index >= 15 is 0 Å². The fourth-order valence-electron chi connectivity index (χ4n) is 7.71. The Kier molecular flexibility index (Phi) is 5.72. The smallest absolute Gasteiger partial charge is 0.194 e. The summed E-state index contributed by atoms with van der Waals surface area (Å²) in [5, 5.41) is 0. The second-order valence-corrected chi connectivity index (χ2v) is 11.7. The van der Waals surface area contributed by atoms with Gasteiger partial charge in [-0.05, 0) is 93.1 Å². The number of hydrogen-bond acceptors (Lipinski definition) is 3. The molecule has 0 N–H and O–H groups in total. The largest absolute Gasteiger partial charge is 0.449 e. The SMILES string of the molecule is C=C/C=C(\C=C)N(c1ccccc1)c1cccc2c1Oc1cc3c(cc1O2)C1(c2ccccc2-c2ccccc21)c1ccccc1-3. The Bertz CT molecular complexity index is 2220. The van der Waals surface area contributed by atoms with E-state index < -0.39 is 5.41 Å². The van der Waals surface area contributed by atoms with Crippen molar-refractivity contribution in [1.29, 1.82) is 0 Å². The van der Waals surface area contributed by atoms with E-state index in [-0.39, 0.29) is 0 Å². The lowest BCUT2D eigenvalue weighted by molar-refractivity contribution is 0.360. The van der Waals surface area contributed by atoms with Gasteiger partial charge in [0.1, 0.15) is 0 Å². The third-order valence-corrected chi connectivity index (χ3v) is 9.46. The topological polar surface area (TPSA) is 21.7 Å². The number of nitrogens with zero attached hydrogens (tertiary/aromatic N) is 1. The van der Waals surface area contributed by atoms with Crippen molar-refractivity contribution in [3.8, 4) is 45.3 Å². The molecule has 3 nitrogen and oxygen atoms in total. The number of rotatable bonds is 5. The second-order valence-electron chi connectivity index (χ2n) is 11.7. The summed E-state index contributed by atoms with van der Waals surface area (Å²) in [5.74, 6) is 2.69. The molecule has 0 amide bonds. The highest BCUT2D eigenvalue weighted by molar-refractivity contribution is 5.96. The predicted octanol–water partition coefficient (Wildman–Crippen LogP) is 11.3. The molecule has 218 valence electrons. The predicted molar refractivity (Wildman–Crippen MR) is 186 cm³/mol. The maximum absolute atomic E-state index is 6.86. The molecule has 6 aromatic carbocycles. The maximum Gasteiger partial charge on any atom is 0.194 e. The lowest BCUT2D eigenvalue weighted by Crippen LogP contribution is -2.26. The fourth-order valence-corrected chi connectivity index (χ4v) is 7.71. The van der Waals surface area contributed by atoms with Crippen LogP contribution in [0.3, 0.4) is 0 Å². The van der Waals surface area contributed by atoms with Crippen LogP contribution in [0.15, 0.2) is 171 Å². The molecule has 0 fully saturated rings. The van der Waals surface area contributed by atoms with E-state index in [1.54, 1.807) is 6.08 Å². The second kappa shape index (κ2) is 9.98. The fraction of sp³-hybridized carbons (Fsp3) is 0.0233. The van der Waals surface area contributed by atoms with Gasteiger partial charge in [-0.1, -0.05) is 116 Å². The van der Waals surface area contributed by atoms with Gasteiger partial charge in [-0.15, -0.1) is 0 Å². The van der Waals surface area contributed by atoms with Crippen LogP contribution in [0.5, 0.6) is 23.0 Å². The number of ether oxygens (including phenoxy) is 2. The molecule has 0 radical (unpaired) electrons. The zero-order valence-electron chi connectivity index (χ0n) is 25.1. The van der Waals surface area contributed by atoms with E-state index in [1.165, 1.54) is 38.9 Å². The highest BCUT2D eigenvalue weighted by Gasteiger charge is 2.52. The molecule has 0 saturated heterocycles. The van der Waals surface area contributed by atoms with Gasteiger partial charge in [0.2, 0.25) is 0 Å². The average molecular weight is 592 g/mol. The first-order chi connectivity index (χ1) is 22.7. The Morgan fingerprint density at radius 3 is 1.76 bits per heavy atom. The van der Waals surface area contributed by atoms with Crippen molar-refractivity contribution < 1.29 is 9.47 Å². The van der Waals surface area contributed by atoms with Crippen LogP contribution in [0.25, 0.3) is 22.3 Å². The van der Waals surface area contributed by atoms with Crippen LogP contribution >= 0.6 is 0 Å². The van der Waals surface area contributed by atoms with Crippen LogP contribution in [-0.2, 0) is 5.41 Å². The van der Waals surface area contributed by atoms with Crippen LogP contribution in [0.4, 0.5) is 11.4 Å². The molecule has 1 spiro atoms. The molecular weight excluding hydrogens is 562 g/mol. The van der Waals surface area contributed by atoms with E-state index in [9.17, 15) is 0 Å². The van der Waals surface area contributed by atoms with Crippen molar-refractivity contribution in [3.05, 3.63) is 193 Å². The molecule has 0 saturated carbocycles. The summed E-state index contributed by atoms with van der Waals surface area (Å²) in [5.41, 5.74) is 12.2. The van der Waals surface area contributed by atoms with Crippen LogP contribution in [0.1, 0.15) is 22.3 Å². The Labute approximate surface area is 268 Å². The zero-order chi connectivity index (χ0) is 30.8. The van der Waals surface area contributed by atoms with Crippen molar-refractivity contribution in [3.63, 3.8) is 0 Å². The van der Waals surface area contributed by atoms with Gasteiger partial charge in [-0.3, -0.25) is 0 Å². The molecule has 1 aliphatic heterocycles. The first kappa shape index (κ1) is 26.4. The van der Waals surface area contributed by atoms with Crippen molar-refractivity contribution in [2.24, 2.45) is 0 Å². The number of hydrogen-bond donors (Lipinski definition) is 0. The van der Waals surface area contributed by atoms with Gasteiger partial charge in [0.05, 0.1) is 11.1 Å². The summed E-state index contributed by atoms with van der Waals surface area (Å²) in [7, 11) is 0. The normalized spacial score (nSPS) is 14.0. The van der Waals surface area contributed by atoms with Crippen molar-refractivity contribution in [2.45, 2.75) is 5.41 Å². The Hall–Kier alpha value is -6.06. The molecule has 1 heterocycles. The number of allylic oxidation sites excluding steroid dienone is 3. The summed E-state index contributed by atoms with van der Waals surface area (Å²) >= 11 is 0.